The first-order valence-corrected chi connectivity index (χ1v) is 8.33. The Labute approximate surface area is 132 Å². The molecule has 1 N–H and O–H groups in total. The third-order valence-corrected chi connectivity index (χ3v) is 4.46. The van der Waals surface area contributed by atoms with Crippen molar-refractivity contribution in [1.29, 1.82) is 0 Å². The van der Waals surface area contributed by atoms with E-state index in [1.165, 1.54) is 0 Å². The summed E-state index contributed by atoms with van der Waals surface area (Å²) in [6.07, 6.45) is 4.29. The van der Waals surface area contributed by atoms with Gasteiger partial charge in [-0.05, 0) is 37.8 Å². The smallest absolute Gasteiger partial charge is 0.225 e. The minimum Gasteiger partial charge on any atom is -0.354 e. The quantitative estimate of drug-likeness (QED) is 0.930. The Kier molecular flexibility index (Phi) is 4.06. The van der Waals surface area contributed by atoms with Crippen molar-refractivity contribution in [3.05, 3.63) is 17.8 Å². The molecule has 0 radical (unpaired) electrons. The summed E-state index contributed by atoms with van der Waals surface area (Å²) in [5.74, 6) is 1.18. The predicted molar refractivity (Wildman–Crippen MR) is 86.8 cm³/mol. The summed E-state index contributed by atoms with van der Waals surface area (Å²) < 4.78 is 0. The molecule has 0 aromatic carbocycles. The van der Waals surface area contributed by atoms with Crippen LogP contribution in [0.3, 0.4) is 0 Å². The Morgan fingerprint density at radius 3 is 2.59 bits per heavy atom. The second-order valence-electron chi connectivity index (χ2n) is 7.59. The molecule has 3 rings (SSSR count). The zero-order valence-electron chi connectivity index (χ0n) is 13.8. The van der Waals surface area contributed by atoms with Gasteiger partial charge in [-0.15, -0.1) is 5.10 Å². The molecule has 1 aromatic rings. The fourth-order valence-corrected chi connectivity index (χ4v) is 2.84. The van der Waals surface area contributed by atoms with Gasteiger partial charge in [-0.2, -0.15) is 5.10 Å². The molecule has 1 aromatic heterocycles. The van der Waals surface area contributed by atoms with Crippen molar-refractivity contribution in [3.63, 3.8) is 0 Å². The minimum atomic E-state index is 0.0140. The van der Waals surface area contributed by atoms with Crippen LogP contribution in [0.1, 0.15) is 52.1 Å². The Morgan fingerprint density at radius 2 is 2.00 bits per heavy atom. The van der Waals surface area contributed by atoms with Crippen molar-refractivity contribution in [1.82, 2.24) is 15.5 Å². The first-order valence-electron chi connectivity index (χ1n) is 8.33. The summed E-state index contributed by atoms with van der Waals surface area (Å²) in [4.78, 5) is 14.4. The van der Waals surface area contributed by atoms with E-state index in [9.17, 15) is 4.79 Å². The Morgan fingerprint density at radius 1 is 1.23 bits per heavy atom. The molecule has 120 valence electrons. The van der Waals surface area contributed by atoms with Crippen molar-refractivity contribution in [2.75, 3.05) is 18.0 Å². The summed E-state index contributed by atoms with van der Waals surface area (Å²) in [5, 5.41) is 11.9. The van der Waals surface area contributed by atoms with Crippen LogP contribution in [0.15, 0.2) is 12.1 Å². The van der Waals surface area contributed by atoms with Gasteiger partial charge >= 0.3 is 0 Å². The topological polar surface area (TPSA) is 58.1 Å². The molecule has 1 saturated heterocycles. The second kappa shape index (κ2) is 5.86. The zero-order valence-corrected chi connectivity index (χ0v) is 13.8. The van der Waals surface area contributed by atoms with Gasteiger partial charge in [0.25, 0.3) is 0 Å². The number of hydrogen-bond acceptors (Lipinski definition) is 4. The van der Waals surface area contributed by atoms with Gasteiger partial charge in [-0.1, -0.05) is 20.8 Å². The van der Waals surface area contributed by atoms with Gasteiger partial charge in [0.1, 0.15) is 0 Å². The number of anilines is 1. The molecule has 2 fully saturated rings. The Hall–Kier alpha value is -1.65. The van der Waals surface area contributed by atoms with E-state index in [1.807, 2.05) is 6.07 Å². The lowest BCUT2D eigenvalue weighted by atomic mass is 9.92. The van der Waals surface area contributed by atoms with Crippen molar-refractivity contribution in [3.8, 4) is 0 Å². The average molecular weight is 302 g/mol. The summed E-state index contributed by atoms with van der Waals surface area (Å²) >= 11 is 0. The molecule has 0 bridgehead atoms. The van der Waals surface area contributed by atoms with Crippen LogP contribution in [0.25, 0.3) is 0 Å². The van der Waals surface area contributed by atoms with E-state index in [-0.39, 0.29) is 17.2 Å². The van der Waals surface area contributed by atoms with Crippen LogP contribution in [-0.2, 0) is 10.2 Å². The van der Waals surface area contributed by atoms with Gasteiger partial charge in [0.15, 0.2) is 5.82 Å². The van der Waals surface area contributed by atoms with Crippen molar-refractivity contribution in [2.45, 2.75) is 57.9 Å². The average Bonchev–Trinajstić information content (AvgIpc) is 3.30. The lowest BCUT2D eigenvalue weighted by Gasteiger charge is -2.32. The monoisotopic (exact) mass is 302 g/mol. The van der Waals surface area contributed by atoms with E-state index in [0.29, 0.717) is 6.04 Å². The van der Waals surface area contributed by atoms with Crippen LogP contribution in [0, 0.1) is 5.92 Å². The van der Waals surface area contributed by atoms with Gasteiger partial charge in [0.05, 0.1) is 11.6 Å². The molecule has 1 amide bonds. The number of aromatic nitrogens is 2. The molecule has 1 unspecified atom stereocenters. The maximum absolute atomic E-state index is 12.2. The van der Waals surface area contributed by atoms with Crippen LogP contribution in [-0.4, -0.2) is 35.2 Å². The Balaban J connectivity index is 1.64. The molecular formula is C17H26N4O. The fourth-order valence-electron chi connectivity index (χ4n) is 2.84. The number of hydrogen-bond donors (Lipinski definition) is 1. The molecule has 22 heavy (non-hydrogen) atoms. The number of piperidine rings is 1. The van der Waals surface area contributed by atoms with Crippen LogP contribution in [0.4, 0.5) is 5.82 Å². The molecule has 1 saturated carbocycles. The molecule has 1 aliphatic carbocycles. The van der Waals surface area contributed by atoms with Gasteiger partial charge in [0.2, 0.25) is 5.91 Å². The summed E-state index contributed by atoms with van der Waals surface area (Å²) in [6.45, 7) is 8.11. The molecule has 5 heteroatoms. The largest absolute Gasteiger partial charge is 0.354 e. The second-order valence-corrected chi connectivity index (χ2v) is 7.59. The lowest BCUT2D eigenvalue weighted by Crippen LogP contribution is -2.44. The van der Waals surface area contributed by atoms with Gasteiger partial charge in [-0.25, -0.2) is 0 Å². The van der Waals surface area contributed by atoms with E-state index in [2.05, 4.69) is 47.3 Å². The lowest BCUT2D eigenvalue weighted by molar-refractivity contribution is -0.125. The van der Waals surface area contributed by atoms with Gasteiger partial charge < -0.3 is 10.2 Å². The van der Waals surface area contributed by atoms with E-state index in [4.69, 9.17) is 0 Å². The molecule has 2 aliphatic rings. The molecule has 1 atom stereocenters. The maximum atomic E-state index is 12.2. The van der Waals surface area contributed by atoms with Crippen LogP contribution < -0.4 is 10.2 Å². The maximum Gasteiger partial charge on any atom is 0.225 e. The van der Waals surface area contributed by atoms with E-state index in [0.717, 1.165) is 50.3 Å². The standard InChI is InChI=1S/C17H26N4O/c1-17(2,3)14-8-9-15(20-19-14)21-10-4-5-12(11-21)16(22)18-13-6-7-13/h8-9,12-13H,4-7,10-11H2,1-3H3,(H,18,22). The molecular weight excluding hydrogens is 276 g/mol. The summed E-state index contributed by atoms with van der Waals surface area (Å²) in [6, 6.07) is 4.53. The number of carbonyl (C=O) groups excluding carboxylic acids is 1. The van der Waals surface area contributed by atoms with Crippen molar-refractivity contribution >= 4 is 11.7 Å². The van der Waals surface area contributed by atoms with Crippen LogP contribution in [0.2, 0.25) is 0 Å². The number of nitrogens with one attached hydrogen (secondary N) is 1. The SMILES string of the molecule is CC(C)(C)c1ccc(N2CCCC(C(=O)NC3CC3)C2)nn1. The van der Waals surface area contributed by atoms with Crippen molar-refractivity contribution in [2.24, 2.45) is 5.92 Å². The molecule has 5 nitrogen and oxygen atoms in total. The van der Waals surface area contributed by atoms with E-state index >= 15 is 0 Å². The number of nitrogens with zero attached hydrogens (tertiary/aromatic N) is 3. The number of amides is 1. The highest BCUT2D eigenvalue weighted by molar-refractivity contribution is 5.80. The Bertz CT molecular complexity index is 531. The summed E-state index contributed by atoms with van der Waals surface area (Å²) in [7, 11) is 0. The van der Waals surface area contributed by atoms with Crippen LogP contribution in [0.5, 0.6) is 0 Å². The first kappa shape index (κ1) is 15.3. The third-order valence-electron chi connectivity index (χ3n) is 4.46. The first-order chi connectivity index (χ1) is 10.4. The zero-order chi connectivity index (χ0) is 15.7. The molecule has 1 aliphatic heterocycles. The van der Waals surface area contributed by atoms with Gasteiger partial charge in [-0.3, -0.25) is 4.79 Å². The van der Waals surface area contributed by atoms with Gasteiger partial charge in [0, 0.05) is 24.5 Å². The van der Waals surface area contributed by atoms with E-state index in [1.54, 1.807) is 0 Å². The summed E-state index contributed by atoms with van der Waals surface area (Å²) in [5.41, 5.74) is 1.01. The van der Waals surface area contributed by atoms with Crippen molar-refractivity contribution < 1.29 is 4.79 Å². The molecule has 0 spiro atoms. The highest BCUT2D eigenvalue weighted by atomic mass is 16.2. The number of carbonyl (C=O) groups is 1. The normalized spacial score (nSPS) is 22.5. The molecule has 2 heterocycles. The fraction of sp³-hybridized carbons (Fsp3) is 0.706. The van der Waals surface area contributed by atoms with Crippen LogP contribution >= 0.6 is 0 Å². The number of rotatable bonds is 3. The predicted octanol–water partition coefficient (Wildman–Crippen LogP) is 2.27. The highest BCUT2D eigenvalue weighted by Crippen LogP contribution is 2.25. The minimum absolute atomic E-state index is 0.0140. The highest BCUT2D eigenvalue weighted by Gasteiger charge is 2.31. The van der Waals surface area contributed by atoms with E-state index < -0.39 is 0 Å². The third kappa shape index (κ3) is 3.57.